The molecule has 0 aromatic carbocycles. The highest BCUT2D eigenvalue weighted by Crippen LogP contribution is 2.39. The maximum absolute atomic E-state index is 11.2. The summed E-state index contributed by atoms with van der Waals surface area (Å²) in [7, 11) is -18.0. The van der Waals surface area contributed by atoms with Gasteiger partial charge in [-0.25, -0.2) is 8.78 Å². The molecule has 0 amide bonds. The summed E-state index contributed by atoms with van der Waals surface area (Å²) in [6.07, 6.45) is -10.9. The fourth-order valence-corrected chi connectivity index (χ4v) is 1.47. The molecule has 0 aromatic heterocycles. The summed E-state index contributed by atoms with van der Waals surface area (Å²) in [5.74, 6) is -5.90. The van der Waals surface area contributed by atoms with Gasteiger partial charge in [0, 0.05) is 0 Å². The van der Waals surface area contributed by atoms with Crippen molar-refractivity contribution >= 4 is 21.8 Å². The first-order valence-electron chi connectivity index (χ1n) is 8.63. The first-order chi connectivity index (χ1) is 14.4. The molecular weight excluding hydrogens is 540 g/mol. The summed E-state index contributed by atoms with van der Waals surface area (Å²) < 4.78 is 195. The topological polar surface area (TPSA) is 0 Å². The van der Waals surface area contributed by atoms with Crippen LogP contribution in [0.15, 0.2) is 0 Å². The van der Waals surface area contributed by atoms with Crippen LogP contribution in [0.2, 0.25) is 0 Å². The third-order valence-corrected chi connectivity index (χ3v) is 3.34. The fraction of sp³-hybridized carbons (Fsp3) is 1.00. The van der Waals surface area contributed by atoms with Gasteiger partial charge in [0.15, 0.2) is 0 Å². The molecule has 0 atom stereocenters. The van der Waals surface area contributed by atoms with E-state index in [0.717, 1.165) is 0 Å². The molecule has 0 aliphatic heterocycles. The molecule has 0 rings (SSSR count). The number of hydrogen-bond acceptors (Lipinski definition) is 0. The normalized spacial score (nSPS) is 12.7. The Hall–Kier alpha value is -1.18. The lowest BCUT2D eigenvalue weighted by molar-refractivity contribution is -0.921. The van der Waals surface area contributed by atoms with E-state index >= 15 is 0 Å². The predicted octanol–water partition coefficient (Wildman–Crippen LogP) is 8.23. The number of quaternary nitrogens is 1. The minimum atomic E-state index is -6.17. The number of alkyl halides is 7. The van der Waals surface area contributed by atoms with Crippen LogP contribution in [-0.4, -0.2) is 70.9 Å². The molecule has 0 bridgehead atoms. The Morgan fingerprint density at radius 2 is 0.647 bits per heavy atom. The molecular formula is C11H21B3F19N-2. The van der Waals surface area contributed by atoms with E-state index in [1.165, 1.54) is 30.7 Å². The largest absolute Gasteiger partial charge is 0.673 e. The van der Waals surface area contributed by atoms with E-state index in [1.807, 2.05) is 0 Å². The Morgan fingerprint density at radius 3 is 0.647 bits per heavy atom. The van der Waals surface area contributed by atoms with Crippen LogP contribution < -0.4 is 0 Å². The summed E-state index contributed by atoms with van der Waals surface area (Å²) in [5.41, 5.74) is 0. The zero-order valence-electron chi connectivity index (χ0n) is 17.8. The second-order valence-electron chi connectivity index (χ2n) is 5.51. The summed E-state index contributed by atoms with van der Waals surface area (Å²) in [4.78, 5) is 0. The minimum Gasteiger partial charge on any atom is -0.418 e. The van der Waals surface area contributed by atoms with E-state index in [1.54, 1.807) is 0 Å². The Bertz CT molecular complexity index is 402. The number of halogens is 19. The highest BCUT2D eigenvalue weighted by Gasteiger charge is 2.64. The molecule has 0 aromatic rings. The SMILES string of the molecule is CC[N+](CC)(CC)CC.FC(F)C(F)(F)C(F)(F)F.F[B-](F)(F)F.F[B-](F)(F)F.F[B-](F)(F)F. The van der Waals surface area contributed by atoms with Crippen LogP contribution in [0.25, 0.3) is 0 Å². The van der Waals surface area contributed by atoms with Gasteiger partial charge >= 0.3 is 40.3 Å². The quantitative estimate of drug-likeness (QED) is 0.181. The zero-order chi connectivity index (χ0) is 29.4. The number of hydrogen-bond donors (Lipinski definition) is 0. The molecule has 23 heteroatoms. The molecule has 0 N–H and O–H groups in total. The van der Waals surface area contributed by atoms with E-state index in [4.69, 9.17) is 0 Å². The lowest BCUT2D eigenvalue weighted by atomic mass is 10.3. The molecule has 1 nitrogen and oxygen atoms in total. The maximum Gasteiger partial charge on any atom is 0.673 e. The minimum absolute atomic E-state index is 1.28. The summed E-state index contributed by atoms with van der Waals surface area (Å²) >= 11 is 0. The summed E-state index contributed by atoms with van der Waals surface area (Å²) in [6.45, 7) is 14.2. The van der Waals surface area contributed by atoms with Crippen LogP contribution in [0.1, 0.15) is 27.7 Å². The first kappa shape index (κ1) is 42.9. The van der Waals surface area contributed by atoms with Crippen LogP contribution in [0.4, 0.5) is 82.5 Å². The lowest BCUT2D eigenvalue weighted by Crippen LogP contribution is -2.47. The fourth-order valence-electron chi connectivity index (χ4n) is 1.47. The number of rotatable bonds is 5. The van der Waals surface area contributed by atoms with Crippen molar-refractivity contribution in [3.63, 3.8) is 0 Å². The van der Waals surface area contributed by atoms with Gasteiger partial charge in [0.05, 0.1) is 26.2 Å². The Morgan fingerprint density at radius 1 is 0.500 bits per heavy atom. The van der Waals surface area contributed by atoms with Crippen molar-refractivity contribution in [3.8, 4) is 0 Å². The maximum atomic E-state index is 11.2. The highest BCUT2D eigenvalue weighted by atomic mass is 19.5. The monoisotopic (exact) mass is 561 g/mol. The van der Waals surface area contributed by atoms with Crippen molar-refractivity contribution in [1.29, 1.82) is 0 Å². The van der Waals surface area contributed by atoms with Crippen LogP contribution in [0.3, 0.4) is 0 Å². The summed E-state index contributed by atoms with van der Waals surface area (Å²) in [5, 5.41) is 0. The molecule has 0 saturated carbocycles. The summed E-state index contributed by atoms with van der Waals surface area (Å²) in [6, 6.07) is 0. The third-order valence-electron chi connectivity index (χ3n) is 3.34. The zero-order valence-corrected chi connectivity index (χ0v) is 17.8. The van der Waals surface area contributed by atoms with Gasteiger partial charge in [0.1, 0.15) is 0 Å². The predicted molar refractivity (Wildman–Crippen MR) is 90.0 cm³/mol. The van der Waals surface area contributed by atoms with Crippen LogP contribution in [0.5, 0.6) is 0 Å². The van der Waals surface area contributed by atoms with Gasteiger partial charge in [-0.1, -0.05) is 0 Å². The van der Waals surface area contributed by atoms with Crippen molar-refractivity contribution in [2.24, 2.45) is 0 Å². The molecule has 0 spiro atoms. The molecule has 0 unspecified atom stereocenters. The molecule has 214 valence electrons. The average molecular weight is 561 g/mol. The Balaban J connectivity index is -0.000000107. The van der Waals surface area contributed by atoms with Crippen molar-refractivity contribution in [3.05, 3.63) is 0 Å². The van der Waals surface area contributed by atoms with Gasteiger partial charge in [0.25, 0.3) is 0 Å². The third kappa shape index (κ3) is 41.1. The van der Waals surface area contributed by atoms with Crippen molar-refractivity contribution < 1.29 is 87.0 Å². The van der Waals surface area contributed by atoms with Crippen molar-refractivity contribution in [2.75, 3.05) is 26.2 Å². The van der Waals surface area contributed by atoms with Crippen LogP contribution in [-0.2, 0) is 0 Å². The standard InChI is InChI=1S/C8H20N.C3HF7.3BF4/c1-5-9(6-2,7-3)8-4;4-1(5)2(6,7)3(8,9)10;3*2-1(3,4)5/h5-8H2,1-4H3;1H;;;/q+1;;3*-1. The highest BCUT2D eigenvalue weighted by molar-refractivity contribution is 6.50. The molecule has 0 heterocycles. The van der Waals surface area contributed by atoms with E-state index in [0.29, 0.717) is 0 Å². The molecule has 0 aliphatic rings. The van der Waals surface area contributed by atoms with Gasteiger partial charge in [-0.05, 0) is 27.7 Å². The van der Waals surface area contributed by atoms with E-state index in [9.17, 15) is 82.5 Å². The second kappa shape index (κ2) is 17.3. The van der Waals surface area contributed by atoms with E-state index < -0.39 is 40.3 Å². The number of nitrogens with zero attached hydrogens (tertiary/aromatic N) is 1. The first-order valence-corrected chi connectivity index (χ1v) is 8.63. The van der Waals surface area contributed by atoms with Crippen molar-refractivity contribution in [1.82, 2.24) is 0 Å². The van der Waals surface area contributed by atoms with Crippen LogP contribution >= 0.6 is 0 Å². The van der Waals surface area contributed by atoms with Gasteiger partial charge in [-0.15, -0.1) is 0 Å². The molecule has 0 fully saturated rings. The molecule has 0 radical (unpaired) electrons. The van der Waals surface area contributed by atoms with Gasteiger partial charge in [-0.2, -0.15) is 22.0 Å². The second-order valence-corrected chi connectivity index (χ2v) is 5.51. The molecule has 0 aliphatic carbocycles. The van der Waals surface area contributed by atoms with Crippen molar-refractivity contribution in [2.45, 2.75) is 46.2 Å². The van der Waals surface area contributed by atoms with Gasteiger partial charge in [-0.3, -0.25) is 0 Å². The lowest BCUT2D eigenvalue weighted by Gasteiger charge is -2.34. The Labute approximate surface area is 182 Å². The smallest absolute Gasteiger partial charge is 0.418 e. The molecule has 34 heavy (non-hydrogen) atoms. The molecule has 0 saturated heterocycles. The van der Waals surface area contributed by atoms with E-state index in [-0.39, 0.29) is 0 Å². The van der Waals surface area contributed by atoms with Gasteiger partial charge < -0.3 is 56.3 Å². The van der Waals surface area contributed by atoms with Gasteiger partial charge in [0.2, 0.25) is 0 Å². The average Bonchev–Trinajstić information content (AvgIpc) is 2.52. The van der Waals surface area contributed by atoms with E-state index in [2.05, 4.69) is 27.7 Å². The Kier molecular flexibility index (Phi) is 21.8. The van der Waals surface area contributed by atoms with Crippen LogP contribution in [0, 0.1) is 0 Å².